The van der Waals surface area contributed by atoms with Crippen molar-refractivity contribution in [3.63, 3.8) is 0 Å². The number of guanidine groups is 1. The van der Waals surface area contributed by atoms with Crippen molar-refractivity contribution in [3.05, 3.63) is 30.1 Å². The van der Waals surface area contributed by atoms with Crippen LogP contribution in [0.3, 0.4) is 0 Å². The smallest absolute Gasteiger partial charge is 0.191 e. The fourth-order valence-corrected chi connectivity index (χ4v) is 5.38. The number of nitrogens with zero attached hydrogens (tertiary/aromatic N) is 2. The molecule has 1 saturated carbocycles. The first kappa shape index (κ1) is 18.2. The molecule has 0 amide bonds. The van der Waals surface area contributed by atoms with Gasteiger partial charge in [-0.05, 0) is 37.3 Å². The molecule has 2 fully saturated rings. The highest BCUT2D eigenvalue weighted by Gasteiger charge is 2.28. The van der Waals surface area contributed by atoms with Crippen LogP contribution in [-0.4, -0.2) is 43.5 Å². The van der Waals surface area contributed by atoms with Crippen LogP contribution < -0.4 is 10.6 Å². The first-order valence-electron chi connectivity index (χ1n) is 9.26. The second-order valence-corrected chi connectivity index (χ2v) is 9.34. The summed E-state index contributed by atoms with van der Waals surface area (Å²) in [5, 5.41) is 6.90. The van der Waals surface area contributed by atoms with Crippen LogP contribution in [0.4, 0.5) is 0 Å². The van der Waals surface area contributed by atoms with Crippen molar-refractivity contribution in [2.75, 3.05) is 18.1 Å². The predicted octanol–water partition coefficient (Wildman–Crippen LogP) is 1.88. The lowest BCUT2D eigenvalue weighted by atomic mass is 9.96. The Labute approximate surface area is 150 Å². The molecule has 25 heavy (non-hydrogen) atoms. The molecule has 3 rings (SSSR count). The zero-order chi connectivity index (χ0) is 17.5. The molecule has 6 nitrogen and oxygen atoms in total. The lowest BCUT2D eigenvalue weighted by molar-refractivity contribution is 0.408. The largest absolute Gasteiger partial charge is 0.356 e. The van der Waals surface area contributed by atoms with Crippen LogP contribution in [0.2, 0.25) is 0 Å². The minimum Gasteiger partial charge on any atom is -0.356 e. The second-order valence-electron chi connectivity index (χ2n) is 7.12. The predicted molar refractivity (Wildman–Crippen MR) is 100 cm³/mol. The van der Waals surface area contributed by atoms with Crippen molar-refractivity contribution >= 4 is 15.8 Å². The molecule has 7 heteroatoms. The zero-order valence-electron chi connectivity index (χ0n) is 14.7. The van der Waals surface area contributed by atoms with E-state index in [9.17, 15) is 8.42 Å². The first-order chi connectivity index (χ1) is 12.1. The summed E-state index contributed by atoms with van der Waals surface area (Å²) in [6.07, 6.45) is 8.68. The van der Waals surface area contributed by atoms with E-state index in [1.54, 1.807) is 6.20 Å². The molecule has 1 unspecified atom stereocenters. The molecule has 1 atom stereocenters. The third-order valence-corrected chi connectivity index (χ3v) is 6.79. The van der Waals surface area contributed by atoms with E-state index in [1.807, 2.05) is 18.2 Å². The van der Waals surface area contributed by atoms with Crippen LogP contribution in [0.5, 0.6) is 0 Å². The van der Waals surface area contributed by atoms with E-state index in [2.05, 4.69) is 20.6 Å². The lowest BCUT2D eigenvalue weighted by Gasteiger charge is -2.25. The Bertz CT molecular complexity index is 670. The zero-order valence-corrected chi connectivity index (χ0v) is 15.5. The van der Waals surface area contributed by atoms with Gasteiger partial charge in [0.2, 0.25) is 0 Å². The minimum atomic E-state index is -2.84. The Morgan fingerprint density at radius 3 is 2.72 bits per heavy atom. The summed E-state index contributed by atoms with van der Waals surface area (Å²) in [6.45, 7) is 1.17. The van der Waals surface area contributed by atoms with E-state index in [1.165, 1.54) is 32.1 Å². The number of pyridine rings is 1. The number of nitrogens with one attached hydrogen (secondary N) is 2. The summed E-state index contributed by atoms with van der Waals surface area (Å²) in [4.78, 5) is 8.98. The van der Waals surface area contributed by atoms with E-state index in [4.69, 9.17) is 0 Å². The summed E-state index contributed by atoms with van der Waals surface area (Å²) in [5.41, 5.74) is 0.927. The summed E-state index contributed by atoms with van der Waals surface area (Å²) >= 11 is 0. The van der Waals surface area contributed by atoms with Gasteiger partial charge < -0.3 is 10.6 Å². The topological polar surface area (TPSA) is 83.5 Å². The van der Waals surface area contributed by atoms with Crippen LogP contribution in [0.25, 0.3) is 0 Å². The van der Waals surface area contributed by atoms with Crippen LogP contribution in [0, 0.1) is 5.92 Å². The molecule has 2 N–H and O–H groups in total. The van der Waals surface area contributed by atoms with E-state index < -0.39 is 9.84 Å². The van der Waals surface area contributed by atoms with Crippen molar-refractivity contribution < 1.29 is 8.42 Å². The van der Waals surface area contributed by atoms with Crippen LogP contribution in [-0.2, 0) is 16.4 Å². The van der Waals surface area contributed by atoms with Gasteiger partial charge in [0.1, 0.15) is 0 Å². The van der Waals surface area contributed by atoms with E-state index in [0.29, 0.717) is 24.9 Å². The molecule has 0 radical (unpaired) electrons. The number of hydrogen-bond acceptors (Lipinski definition) is 4. The van der Waals surface area contributed by atoms with Gasteiger partial charge in [-0.25, -0.2) is 13.4 Å². The molecular formula is C18H28N4O2S. The van der Waals surface area contributed by atoms with Gasteiger partial charge in [0.05, 0.1) is 23.7 Å². The van der Waals surface area contributed by atoms with Crippen LogP contribution in [0.15, 0.2) is 29.4 Å². The number of aromatic nitrogens is 1. The van der Waals surface area contributed by atoms with Crippen molar-refractivity contribution in [3.8, 4) is 0 Å². The molecule has 0 aromatic carbocycles. The Hall–Kier alpha value is -1.63. The first-order valence-corrected chi connectivity index (χ1v) is 11.1. The van der Waals surface area contributed by atoms with Crippen molar-refractivity contribution in [1.29, 1.82) is 0 Å². The van der Waals surface area contributed by atoms with Gasteiger partial charge in [-0.2, -0.15) is 0 Å². The monoisotopic (exact) mass is 364 g/mol. The second kappa shape index (κ2) is 8.65. The SMILES string of the molecule is O=S1(=O)CCC(CNC(=NCc2ccccn2)NC2CCCCC2)C1. The van der Waals surface area contributed by atoms with Crippen molar-refractivity contribution in [2.24, 2.45) is 10.9 Å². The molecule has 1 saturated heterocycles. The van der Waals surface area contributed by atoms with Gasteiger partial charge in [0.25, 0.3) is 0 Å². The fraction of sp³-hybridized carbons (Fsp3) is 0.667. The van der Waals surface area contributed by atoms with Crippen LogP contribution >= 0.6 is 0 Å². The quantitative estimate of drug-likeness (QED) is 0.616. The van der Waals surface area contributed by atoms with E-state index >= 15 is 0 Å². The third kappa shape index (κ3) is 5.99. The molecule has 138 valence electrons. The maximum absolute atomic E-state index is 11.6. The Morgan fingerprint density at radius 2 is 2.04 bits per heavy atom. The molecule has 0 bridgehead atoms. The highest BCUT2D eigenvalue weighted by molar-refractivity contribution is 7.91. The highest BCUT2D eigenvalue weighted by atomic mass is 32.2. The summed E-state index contributed by atoms with van der Waals surface area (Å²) in [7, 11) is -2.84. The standard InChI is InChI=1S/C18H28N4O2S/c23-25(24)11-9-15(14-25)12-20-18(22-16-6-2-1-3-7-16)21-13-17-8-4-5-10-19-17/h4-5,8,10,15-16H,1-3,6-7,9,11-14H2,(H2,20,21,22). The summed E-state index contributed by atoms with van der Waals surface area (Å²) in [5.74, 6) is 1.56. The van der Waals surface area contributed by atoms with Gasteiger partial charge in [0.15, 0.2) is 15.8 Å². The number of rotatable bonds is 5. The molecule has 0 spiro atoms. The molecule has 1 aliphatic heterocycles. The molecule has 1 aliphatic carbocycles. The Balaban J connectivity index is 1.59. The minimum absolute atomic E-state index is 0.179. The van der Waals surface area contributed by atoms with E-state index in [-0.39, 0.29) is 11.7 Å². The molecule has 2 heterocycles. The maximum atomic E-state index is 11.6. The van der Waals surface area contributed by atoms with Gasteiger partial charge in [-0.15, -0.1) is 0 Å². The molecule has 2 aliphatic rings. The van der Waals surface area contributed by atoms with Gasteiger partial charge in [-0.3, -0.25) is 4.98 Å². The third-order valence-electron chi connectivity index (χ3n) is 4.96. The van der Waals surface area contributed by atoms with Gasteiger partial charge in [-0.1, -0.05) is 25.3 Å². The van der Waals surface area contributed by atoms with Gasteiger partial charge in [0, 0.05) is 18.8 Å². The molecule has 1 aromatic heterocycles. The van der Waals surface area contributed by atoms with Gasteiger partial charge >= 0.3 is 0 Å². The number of aliphatic imine (C=N–C) groups is 1. The van der Waals surface area contributed by atoms with Crippen LogP contribution in [0.1, 0.15) is 44.2 Å². The molecule has 1 aromatic rings. The summed E-state index contributed by atoms with van der Waals surface area (Å²) in [6, 6.07) is 6.28. The normalized spacial score (nSPS) is 24.2. The van der Waals surface area contributed by atoms with Crippen molar-refractivity contribution in [1.82, 2.24) is 15.6 Å². The van der Waals surface area contributed by atoms with Crippen molar-refractivity contribution in [2.45, 2.75) is 51.1 Å². The Morgan fingerprint density at radius 1 is 1.20 bits per heavy atom. The number of sulfone groups is 1. The number of hydrogen-bond donors (Lipinski definition) is 2. The highest BCUT2D eigenvalue weighted by Crippen LogP contribution is 2.18. The van der Waals surface area contributed by atoms with E-state index in [0.717, 1.165) is 18.1 Å². The average molecular weight is 365 g/mol. The lowest BCUT2D eigenvalue weighted by Crippen LogP contribution is -2.45. The maximum Gasteiger partial charge on any atom is 0.191 e. The fourth-order valence-electron chi connectivity index (χ4n) is 3.52. The average Bonchev–Trinajstić information content (AvgIpc) is 2.98. The molecular weight excluding hydrogens is 336 g/mol. The summed E-state index contributed by atoms with van der Waals surface area (Å²) < 4.78 is 23.3. The Kier molecular flexibility index (Phi) is 6.29.